The smallest absolute Gasteiger partial charge is 0.272 e. The molecule has 3 rings (SSSR count). The second kappa shape index (κ2) is 4.88. The van der Waals surface area contributed by atoms with Gasteiger partial charge >= 0.3 is 0 Å². The molecule has 1 aliphatic rings. The first kappa shape index (κ1) is 12.5. The second-order valence-corrected chi connectivity index (χ2v) is 4.66. The van der Waals surface area contributed by atoms with E-state index in [0.29, 0.717) is 18.0 Å². The Morgan fingerprint density at radius 3 is 2.90 bits per heavy atom. The number of nitrogens with zero attached hydrogens (tertiary/aromatic N) is 2. The number of fused-ring (bicyclic) bond motifs is 1. The van der Waals surface area contributed by atoms with Gasteiger partial charge in [0.1, 0.15) is 5.69 Å². The summed E-state index contributed by atoms with van der Waals surface area (Å²) in [5, 5.41) is 6.98. The molecule has 20 heavy (non-hydrogen) atoms. The Labute approximate surface area is 116 Å². The summed E-state index contributed by atoms with van der Waals surface area (Å²) < 4.78 is 12.2. The van der Waals surface area contributed by atoms with Gasteiger partial charge in [-0.25, -0.2) is 0 Å². The Balaban J connectivity index is 1.66. The van der Waals surface area contributed by atoms with Crippen LogP contribution in [0, 0.1) is 6.92 Å². The molecule has 1 amide bonds. The highest BCUT2D eigenvalue weighted by molar-refractivity contribution is 5.92. The largest absolute Gasteiger partial charge is 0.454 e. The summed E-state index contributed by atoms with van der Waals surface area (Å²) in [4.78, 5) is 12.0. The lowest BCUT2D eigenvalue weighted by molar-refractivity contribution is 0.0945. The van der Waals surface area contributed by atoms with Crippen molar-refractivity contribution in [3.05, 3.63) is 41.2 Å². The summed E-state index contributed by atoms with van der Waals surface area (Å²) in [5.41, 5.74) is 2.32. The summed E-state index contributed by atoms with van der Waals surface area (Å²) in [7, 11) is 1.81. The molecule has 0 unspecified atom stereocenters. The molecule has 0 saturated heterocycles. The summed E-state index contributed by atoms with van der Waals surface area (Å²) in [6, 6.07) is 7.37. The van der Waals surface area contributed by atoms with Crippen molar-refractivity contribution >= 4 is 5.91 Å². The molecule has 0 saturated carbocycles. The molecule has 1 aliphatic heterocycles. The van der Waals surface area contributed by atoms with Gasteiger partial charge in [-0.2, -0.15) is 5.10 Å². The van der Waals surface area contributed by atoms with Gasteiger partial charge in [0.25, 0.3) is 5.91 Å². The molecule has 6 nitrogen and oxygen atoms in total. The Bertz CT molecular complexity index is 644. The number of benzene rings is 1. The van der Waals surface area contributed by atoms with Gasteiger partial charge in [-0.15, -0.1) is 0 Å². The van der Waals surface area contributed by atoms with Gasteiger partial charge in [-0.1, -0.05) is 6.07 Å². The number of nitrogens with one attached hydrogen (secondary N) is 1. The summed E-state index contributed by atoms with van der Waals surface area (Å²) in [6.45, 7) is 2.57. The van der Waals surface area contributed by atoms with Crippen molar-refractivity contribution in [3.63, 3.8) is 0 Å². The minimum Gasteiger partial charge on any atom is -0.454 e. The highest BCUT2D eigenvalue weighted by Crippen LogP contribution is 2.32. The van der Waals surface area contributed by atoms with Crippen LogP contribution in [0.15, 0.2) is 24.3 Å². The van der Waals surface area contributed by atoms with Crippen LogP contribution in [0.1, 0.15) is 21.7 Å². The van der Waals surface area contributed by atoms with Crippen molar-refractivity contribution in [2.24, 2.45) is 7.05 Å². The number of hydrogen-bond acceptors (Lipinski definition) is 4. The fraction of sp³-hybridized carbons (Fsp3) is 0.286. The lowest BCUT2D eigenvalue weighted by atomic mass is 10.2. The molecule has 104 valence electrons. The molecule has 6 heteroatoms. The third kappa shape index (κ3) is 2.32. The van der Waals surface area contributed by atoms with Crippen LogP contribution in [0.4, 0.5) is 0 Å². The van der Waals surface area contributed by atoms with Crippen LogP contribution in [0.2, 0.25) is 0 Å². The van der Waals surface area contributed by atoms with Crippen molar-refractivity contribution in [3.8, 4) is 11.5 Å². The van der Waals surface area contributed by atoms with Crippen LogP contribution >= 0.6 is 0 Å². The Kier molecular flexibility index (Phi) is 3.06. The van der Waals surface area contributed by atoms with Gasteiger partial charge in [0.05, 0.1) is 0 Å². The molecule has 0 radical (unpaired) electrons. The van der Waals surface area contributed by atoms with Gasteiger partial charge in [-0.05, 0) is 30.7 Å². The third-order valence-corrected chi connectivity index (χ3v) is 3.24. The number of rotatable bonds is 3. The highest BCUT2D eigenvalue weighted by Gasteiger charge is 2.14. The van der Waals surface area contributed by atoms with E-state index in [1.807, 2.05) is 32.2 Å². The molecule has 0 spiro atoms. The molecular formula is C14H15N3O3. The summed E-state index contributed by atoms with van der Waals surface area (Å²) in [5.74, 6) is 1.26. The van der Waals surface area contributed by atoms with Crippen LogP contribution in [0.25, 0.3) is 0 Å². The van der Waals surface area contributed by atoms with Crippen molar-refractivity contribution in [1.82, 2.24) is 15.1 Å². The monoisotopic (exact) mass is 273 g/mol. The molecule has 1 aromatic heterocycles. The maximum atomic E-state index is 12.0. The van der Waals surface area contributed by atoms with Gasteiger partial charge in [0.15, 0.2) is 11.5 Å². The van der Waals surface area contributed by atoms with E-state index in [9.17, 15) is 4.79 Å². The van der Waals surface area contributed by atoms with E-state index in [2.05, 4.69) is 10.4 Å². The molecule has 0 fully saturated rings. The van der Waals surface area contributed by atoms with Gasteiger partial charge in [0.2, 0.25) is 6.79 Å². The van der Waals surface area contributed by atoms with Crippen molar-refractivity contribution < 1.29 is 14.3 Å². The predicted molar refractivity (Wildman–Crippen MR) is 71.7 cm³/mol. The zero-order valence-corrected chi connectivity index (χ0v) is 11.3. The average molecular weight is 273 g/mol. The Morgan fingerprint density at radius 2 is 2.15 bits per heavy atom. The standard InChI is InChI=1S/C14H15N3O3/c1-9-5-11(16-17(9)2)14(18)15-7-10-3-4-12-13(6-10)20-8-19-12/h3-6H,7-8H2,1-2H3,(H,15,18). The number of carbonyl (C=O) groups is 1. The summed E-state index contributed by atoms with van der Waals surface area (Å²) in [6.07, 6.45) is 0. The van der Waals surface area contributed by atoms with E-state index in [1.54, 1.807) is 10.7 Å². The number of hydrogen-bond donors (Lipinski definition) is 1. The van der Waals surface area contributed by atoms with Crippen molar-refractivity contribution in [2.75, 3.05) is 6.79 Å². The number of aryl methyl sites for hydroxylation is 2. The van der Waals surface area contributed by atoms with Crippen LogP contribution in [0.3, 0.4) is 0 Å². The van der Waals surface area contributed by atoms with E-state index in [0.717, 1.165) is 17.0 Å². The lowest BCUT2D eigenvalue weighted by Gasteiger charge is -2.04. The number of amides is 1. The molecule has 0 aliphatic carbocycles. The van der Waals surface area contributed by atoms with E-state index < -0.39 is 0 Å². The molecule has 0 bridgehead atoms. The number of aromatic nitrogens is 2. The zero-order valence-electron chi connectivity index (χ0n) is 11.3. The Hall–Kier alpha value is -2.50. The average Bonchev–Trinajstić information content (AvgIpc) is 3.03. The van der Waals surface area contributed by atoms with Crippen molar-refractivity contribution in [1.29, 1.82) is 0 Å². The minimum absolute atomic E-state index is 0.189. The van der Waals surface area contributed by atoms with Crippen LogP contribution < -0.4 is 14.8 Å². The fourth-order valence-corrected chi connectivity index (χ4v) is 2.00. The fourth-order valence-electron chi connectivity index (χ4n) is 2.00. The van der Waals surface area contributed by atoms with Gasteiger partial charge < -0.3 is 14.8 Å². The van der Waals surface area contributed by atoms with Gasteiger partial charge in [0, 0.05) is 19.3 Å². The van der Waals surface area contributed by atoms with E-state index in [1.165, 1.54) is 0 Å². The molecule has 1 N–H and O–H groups in total. The SMILES string of the molecule is Cc1cc(C(=O)NCc2ccc3c(c2)OCO3)nn1C. The van der Waals surface area contributed by atoms with Crippen molar-refractivity contribution in [2.45, 2.75) is 13.5 Å². The minimum atomic E-state index is -0.189. The Morgan fingerprint density at radius 1 is 1.35 bits per heavy atom. The first-order valence-corrected chi connectivity index (χ1v) is 6.31. The normalized spacial score (nSPS) is 12.5. The molecule has 2 aromatic rings. The molecular weight excluding hydrogens is 258 g/mol. The first-order valence-electron chi connectivity index (χ1n) is 6.31. The van der Waals surface area contributed by atoms with Crippen LogP contribution in [0.5, 0.6) is 11.5 Å². The number of carbonyl (C=O) groups excluding carboxylic acids is 1. The topological polar surface area (TPSA) is 65.4 Å². The lowest BCUT2D eigenvalue weighted by Crippen LogP contribution is -2.23. The second-order valence-electron chi connectivity index (χ2n) is 4.66. The van der Waals surface area contributed by atoms with E-state index >= 15 is 0 Å². The van der Waals surface area contributed by atoms with Gasteiger partial charge in [-0.3, -0.25) is 9.48 Å². The quantitative estimate of drug-likeness (QED) is 0.917. The molecule has 0 atom stereocenters. The zero-order chi connectivity index (χ0) is 14.1. The maximum absolute atomic E-state index is 12.0. The first-order chi connectivity index (χ1) is 9.63. The van der Waals surface area contributed by atoms with E-state index in [4.69, 9.17) is 9.47 Å². The number of ether oxygens (including phenoxy) is 2. The highest BCUT2D eigenvalue weighted by atomic mass is 16.7. The van der Waals surface area contributed by atoms with E-state index in [-0.39, 0.29) is 12.7 Å². The van der Waals surface area contributed by atoms with Crippen LogP contribution in [-0.4, -0.2) is 22.5 Å². The predicted octanol–water partition coefficient (Wildman–Crippen LogP) is 1.39. The van der Waals surface area contributed by atoms with Crippen LogP contribution in [-0.2, 0) is 13.6 Å². The summed E-state index contributed by atoms with van der Waals surface area (Å²) >= 11 is 0. The third-order valence-electron chi connectivity index (χ3n) is 3.24. The molecule has 2 heterocycles. The molecule has 1 aromatic carbocycles. The maximum Gasteiger partial charge on any atom is 0.272 e.